The largest absolute Gasteiger partial charge is 0.390 e. The fourth-order valence-electron chi connectivity index (χ4n) is 5.88. The van der Waals surface area contributed by atoms with Gasteiger partial charge in [-0.05, 0) is 49.3 Å². The molecule has 0 radical (unpaired) electrons. The van der Waals surface area contributed by atoms with Gasteiger partial charge in [-0.3, -0.25) is 9.69 Å². The summed E-state index contributed by atoms with van der Waals surface area (Å²) in [5, 5.41) is 10.5. The lowest BCUT2D eigenvalue weighted by molar-refractivity contribution is -0.133. The number of aryl methyl sites for hydroxylation is 1. The van der Waals surface area contributed by atoms with Gasteiger partial charge in [0, 0.05) is 11.6 Å². The average Bonchev–Trinajstić information content (AvgIpc) is 3.15. The van der Waals surface area contributed by atoms with Crippen LogP contribution in [-0.4, -0.2) is 28.9 Å². The molecule has 0 aromatic heterocycles. The molecule has 1 aromatic carbocycles. The molecule has 2 aliphatic carbocycles. The molecule has 4 heteroatoms. The molecule has 2 saturated heterocycles. The number of nitrogens with zero attached hydrogens (tertiary/aromatic N) is 1. The van der Waals surface area contributed by atoms with E-state index in [1.54, 1.807) is 0 Å². The topological polar surface area (TPSA) is 49.8 Å². The fraction of sp³-hybridized carbons (Fsp3) is 0.611. The predicted molar refractivity (Wildman–Crippen MR) is 81.1 cm³/mol. The molecule has 0 unspecified atom stereocenters. The lowest BCUT2D eigenvalue weighted by Crippen LogP contribution is -2.50. The fourth-order valence-corrected chi connectivity index (χ4v) is 5.88. The predicted octanol–water partition coefficient (Wildman–Crippen LogP) is 2.09. The van der Waals surface area contributed by atoms with Crippen molar-refractivity contribution in [1.82, 2.24) is 0 Å². The summed E-state index contributed by atoms with van der Waals surface area (Å²) in [6.07, 6.45) is 1.20. The Bertz CT molecular complexity index is 674. The standard InChI is InChI=1S/C18H21NO3/c1-3-18-14-12-8-11(15(20)16(12)22-18)13(14)17(21)19(18)10-6-4-5-9(2)7-10/h4-7,11-16,20H,3,8H2,1-2H3/t11-,12-,13+,14-,15+,16-,18-/m0/s1. The van der Waals surface area contributed by atoms with E-state index < -0.39 is 11.8 Å². The quantitative estimate of drug-likeness (QED) is 0.910. The number of amides is 1. The molecular weight excluding hydrogens is 278 g/mol. The number of fused-ring (bicyclic) bond motifs is 2. The van der Waals surface area contributed by atoms with Crippen molar-refractivity contribution in [1.29, 1.82) is 0 Å². The minimum atomic E-state index is -0.545. The summed E-state index contributed by atoms with van der Waals surface area (Å²) in [5.74, 6) is 0.796. The third-order valence-electron chi connectivity index (χ3n) is 6.56. The van der Waals surface area contributed by atoms with E-state index in [2.05, 4.69) is 13.0 Å². The van der Waals surface area contributed by atoms with Crippen LogP contribution in [0.15, 0.2) is 24.3 Å². The zero-order valence-corrected chi connectivity index (χ0v) is 12.9. The average molecular weight is 299 g/mol. The summed E-state index contributed by atoms with van der Waals surface area (Å²) >= 11 is 0. The first-order valence-electron chi connectivity index (χ1n) is 8.35. The van der Waals surface area contributed by atoms with Crippen molar-refractivity contribution in [3.05, 3.63) is 29.8 Å². The van der Waals surface area contributed by atoms with E-state index in [0.29, 0.717) is 5.92 Å². The molecule has 4 fully saturated rings. The summed E-state index contributed by atoms with van der Waals surface area (Å²) in [7, 11) is 0. The molecule has 4 aliphatic rings. The molecule has 7 atom stereocenters. The Morgan fingerprint density at radius 2 is 2.23 bits per heavy atom. The number of aliphatic hydroxyl groups is 1. The first-order valence-corrected chi connectivity index (χ1v) is 8.35. The highest BCUT2D eigenvalue weighted by Crippen LogP contribution is 2.68. The Morgan fingerprint density at radius 3 is 2.95 bits per heavy atom. The van der Waals surface area contributed by atoms with E-state index in [1.165, 1.54) is 0 Å². The zero-order chi connectivity index (χ0) is 15.2. The molecule has 5 rings (SSSR count). The molecule has 2 saturated carbocycles. The van der Waals surface area contributed by atoms with Crippen LogP contribution in [0.25, 0.3) is 0 Å². The highest BCUT2D eigenvalue weighted by molar-refractivity contribution is 6.00. The summed E-state index contributed by atoms with van der Waals surface area (Å²) in [5.41, 5.74) is 1.54. The molecule has 1 aromatic rings. The van der Waals surface area contributed by atoms with Crippen molar-refractivity contribution < 1.29 is 14.6 Å². The van der Waals surface area contributed by atoms with Crippen LogP contribution in [0, 0.1) is 30.6 Å². The first kappa shape index (κ1) is 13.1. The summed E-state index contributed by atoms with van der Waals surface area (Å²) in [6, 6.07) is 8.11. The van der Waals surface area contributed by atoms with Gasteiger partial charge >= 0.3 is 0 Å². The number of carbonyl (C=O) groups excluding carboxylic acids is 1. The number of ether oxygens (including phenoxy) is 1. The minimum Gasteiger partial charge on any atom is -0.390 e. The molecule has 2 heterocycles. The van der Waals surface area contributed by atoms with Gasteiger partial charge in [0.05, 0.1) is 18.1 Å². The van der Waals surface area contributed by atoms with Crippen LogP contribution in [0.1, 0.15) is 25.3 Å². The van der Waals surface area contributed by atoms with E-state index in [1.807, 2.05) is 30.0 Å². The van der Waals surface area contributed by atoms with Crippen LogP contribution in [-0.2, 0) is 9.53 Å². The molecular formula is C18H21NO3. The van der Waals surface area contributed by atoms with Crippen LogP contribution in [0.2, 0.25) is 0 Å². The first-order chi connectivity index (χ1) is 10.6. The second-order valence-electron chi connectivity index (χ2n) is 7.40. The normalized spacial score (nSPS) is 47.8. The van der Waals surface area contributed by atoms with Gasteiger partial charge in [0.15, 0.2) is 5.72 Å². The van der Waals surface area contributed by atoms with Crippen LogP contribution in [0.5, 0.6) is 0 Å². The van der Waals surface area contributed by atoms with Crippen molar-refractivity contribution in [2.24, 2.45) is 23.7 Å². The number of rotatable bonds is 2. The van der Waals surface area contributed by atoms with Crippen molar-refractivity contribution in [2.75, 3.05) is 4.90 Å². The number of carbonyl (C=O) groups is 1. The summed E-state index contributed by atoms with van der Waals surface area (Å²) in [6.45, 7) is 4.14. The van der Waals surface area contributed by atoms with Gasteiger partial charge in [-0.15, -0.1) is 0 Å². The highest BCUT2D eigenvalue weighted by atomic mass is 16.6. The van der Waals surface area contributed by atoms with E-state index in [4.69, 9.17) is 4.74 Å². The maximum atomic E-state index is 13.2. The second-order valence-corrected chi connectivity index (χ2v) is 7.40. The molecule has 4 nitrogen and oxygen atoms in total. The third kappa shape index (κ3) is 1.23. The van der Waals surface area contributed by atoms with Gasteiger partial charge in [0.25, 0.3) is 0 Å². The monoisotopic (exact) mass is 299 g/mol. The maximum Gasteiger partial charge on any atom is 0.233 e. The minimum absolute atomic E-state index is 0.0563. The summed E-state index contributed by atoms with van der Waals surface area (Å²) in [4.78, 5) is 15.1. The van der Waals surface area contributed by atoms with Crippen molar-refractivity contribution in [2.45, 2.75) is 44.6 Å². The smallest absolute Gasteiger partial charge is 0.233 e. The molecule has 116 valence electrons. The molecule has 1 N–H and O–H groups in total. The lowest BCUT2D eigenvalue weighted by Gasteiger charge is -2.38. The number of benzene rings is 1. The highest BCUT2D eigenvalue weighted by Gasteiger charge is 2.77. The molecule has 2 bridgehead atoms. The molecule has 0 spiro atoms. The van der Waals surface area contributed by atoms with Gasteiger partial charge in [0.2, 0.25) is 5.91 Å². The Hall–Kier alpha value is -1.39. The number of hydrogen-bond donors (Lipinski definition) is 1. The third-order valence-corrected chi connectivity index (χ3v) is 6.56. The van der Waals surface area contributed by atoms with Crippen molar-refractivity contribution in [3.63, 3.8) is 0 Å². The van der Waals surface area contributed by atoms with Crippen LogP contribution in [0.4, 0.5) is 5.69 Å². The van der Waals surface area contributed by atoms with E-state index in [0.717, 1.165) is 24.1 Å². The van der Waals surface area contributed by atoms with Crippen LogP contribution in [0.3, 0.4) is 0 Å². The van der Waals surface area contributed by atoms with Crippen molar-refractivity contribution >= 4 is 11.6 Å². The van der Waals surface area contributed by atoms with E-state index in [9.17, 15) is 9.90 Å². The van der Waals surface area contributed by atoms with Gasteiger partial charge < -0.3 is 9.84 Å². The summed E-state index contributed by atoms with van der Waals surface area (Å²) < 4.78 is 6.41. The Kier molecular flexibility index (Phi) is 2.33. The van der Waals surface area contributed by atoms with Crippen molar-refractivity contribution in [3.8, 4) is 0 Å². The van der Waals surface area contributed by atoms with Gasteiger partial charge in [-0.2, -0.15) is 0 Å². The lowest BCUT2D eigenvalue weighted by atomic mass is 9.76. The number of aliphatic hydroxyl groups excluding tert-OH is 1. The zero-order valence-electron chi connectivity index (χ0n) is 12.9. The SMILES string of the molecule is CC[C@]12O[C@@H]3[C@H](O)[C@H]4C[C@H]3[C@H]1[C@@H]4C(=O)N2c1cccc(C)c1. The molecule has 1 amide bonds. The van der Waals surface area contributed by atoms with E-state index >= 15 is 0 Å². The molecule has 22 heavy (non-hydrogen) atoms. The van der Waals surface area contributed by atoms with Gasteiger partial charge in [0.1, 0.15) is 0 Å². The second kappa shape index (κ2) is 3.92. The number of hydrogen-bond acceptors (Lipinski definition) is 3. The maximum absolute atomic E-state index is 13.2. The van der Waals surface area contributed by atoms with Crippen LogP contribution < -0.4 is 4.90 Å². The van der Waals surface area contributed by atoms with Crippen LogP contribution >= 0.6 is 0 Å². The van der Waals surface area contributed by atoms with Gasteiger partial charge in [-0.1, -0.05) is 19.1 Å². The Labute approximate surface area is 130 Å². The Balaban J connectivity index is 1.68. The van der Waals surface area contributed by atoms with E-state index in [-0.39, 0.29) is 29.8 Å². The Morgan fingerprint density at radius 1 is 1.41 bits per heavy atom. The molecule has 2 aliphatic heterocycles. The van der Waals surface area contributed by atoms with Gasteiger partial charge in [-0.25, -0.2) is 0 Å². The number of anilines is 1.